The van der Waals surface area contributed by atoms with Crippen molar-refractivity contribution in [1.29, 1.82) is 0 Å². The van der Waals surface area contributed by atoms with Gasteiger partial charge >= 0.3 is 0 Å². The Bertz CT molecular complexity index is 441. The summed E-state index contributed by atoms with van der Waals surface area (Å²) in [5, 5.41) is 6.81. The highest BCUT2D eigenvalue weighted by molar-refractivity contribution is 7.80. The Hall–Kier alpha value is -1.63. The number of methoxy groups -OCH3 is 2. The molecule has 2 rings (SSSR count). The molecule has 1 aromatic rings. The molecule has 20 heavy (non-hydrogen) atoms. The maximum Gasteiger partial charge on any atom is 0.235 e. The lowest BCUT2D eigenvalue weighted by Crippen LogP contribution is -2.39. The number of hydrogen-bond donors (Lipinski definition) is 2. The van der Waals surface area contributed by atoms with Crippen LogP contribution in [0.5, 0.6) is 11.8 Å². The molecule has 6 nitrogen and oxygen atoms in total. The summed E-state index contributed by atoms with van der Waals surface area (Å²) in [5.41, 5.74) is 0. The molecule has 1 aliphatic carbocycles. The molecule has 1 fully saturated rings. The molecule has 0 amide bonds. The topological polar surface area (TPSA) is 68.3 Å². The van der Waals surface area contributed by atoms with Crippen LogP contribution >= 0.6 is 12.2 Å². The largest absolute Gasteiger partial charge is 0.481 e. The van der Waals surface area contributed by atoms with Gasteiger partial charge in [0.2, 0.25) is 17.7 Å². The number of ether oxygens (including phenoxy) is 2. The molecule has 1 aromatic heterocycles. The van der Waals surface area contributed by atoms with Crippen molar-refractivity contribution in [3.8, 4) is 11.8 Å². The van der Waals surface area contributed by atoms with Crippen molar-refractivity contribution in [3.63, 3.8) is 0 Å². The van der Waals surface area contributed by atoms with E-state index >= 15 is 0 Å². The Morgan fingerprint density at radius 3 is 2.30 bits per heavy atom. The van der Waals surface area contributed by atoms with Gasteiger partial charge in [-0.15, -0.1) is 0 Å². The number of nitrogens with zero attached hydrogens (tertiary/aromatic N) is 2. The molecule has 0 aromatic carbocycles. The molecule has 0 aliphatic heterocycles. The quantitative estimate of drug-likeness (QED) is 0.825. The van der Waals surface area contributed by atoms with E-state index in [-0.39, 0.29) is 0 Å². The van der Waals surface area contributed by atoms with Crippen LogP contribution in [0.15, 0.2) is 6.07 Å². The van der Waals surface area contributed by atoms with Gasteiger partial charge in [-0.05, 0) is 25.1 Å². The first-order chi connectivity index (χ1) is 9.71. The molecule has 0 radical (unpaired) electrons. The predicted octanol–water partition coefficient (Wildman–Crippen LogP) is 2.11. The average Bonchev–Trinajstić information content (AvgIpc) is 2.47. The van der Waals surface area contributed by atoms with E-state index in [4.69, 9.17) is 21.7 Å². The van der Waals surface area contributed by atoms with Gasteiger partial charge in [-0.25, -0.2) is 0 Å². The normalized spacial score (nSPS) is 15.5. The third kappa shape index (κ3) is 4.19. The first-order valence-corrected chi connectivity index (χ1v) is 7.16. The first-order valence-electron chi connectivity index (χ1n) is 6.76. The minimum absolute atomic E-state index is 0.370. The molecule has 0 atom stereocenters. The maximum atomic E-state index is 5.29. The zero-order chi connectivity index (χ0) is 14.4. The number of thiocarbonyl (C=S) groups is 1. The third-order valence-electron chi connectivity index (χ3n) is 3.26. The van der Waals surface area contributed by atoms with Crippen LogP contribution in [0.1, 0.15) is 32.1 Å². The van der Waals surface area contributed by atoms with Crippen molar-refractivity contribution in [2.45, 2.75) is 38.1 Å². The van der Waals surface area contributed by atoms with Crippen LogP contribution in [-0.2, 0) is 0 Å². The summed E-state index contributed by atoms with van der Waals surface area (Å²) in [6.07, 6.45) is 6.14. The van der Waals surface area contributed by atoms with Crippen molar-refractivity contribution >= 4 is 23.3 Å². The van der Waals surface area contributed by atoms with Crippen LogP contribution in [0.4, 0.5) is 5.95 Å². The van der Waals surface area contributed by atoms with Gasteiger partial charge in [-0.1, -0.05) is 19.3 Å². The van der Waals surface area contributed by atoms with Gasteiger partial charge in [0.05, 0.1) is 20.3 Å². The highest BCUT2D eigenvalue weighted by Gasteiger charge is 2.15. The standard InChI is InChI=1S/C13H20N4O2S/c1-18-10-8-11(19-2)16-12(15-10)17-13(20)14-9-6-4-3-5-7-9/h8-9H,3-7H2,1-2H3,(H2,14,15,16,17,20). The molecular weight excluding hydrogens is 276 g/mol. The Labute approximate surface area is 124 Å². The Morgan fingerprint density at radius 1 is 1.15 bits per heavy atom. The second kappa shape index (κ2) is 7.23. The van der Waals surface area contributed by atoms with Gasteiger partial charge in [0.15, 0.2) is 5.11 Å². The SMILES string of the molecule is COc1cc(OC)nc(NC(=S)NC2CCCCC2)n1. The third-order valence-corrected chi connectivity index (χ3v) is 3.48. The van der Waals surface area contributed by atoms with Crippen LogP contribution in [-0.4, -0.2) is 35.3 Å². The fourth-order valence-corrected chi connectivity index (χ4v) is 2.50. The van der Waals surface area contributed by atoms with E-state index in [1.165, 1.54) is 19.3 Å². The lowest BCUT2D eigenvalue weighted by Gasteiger charge is -2.24. The van der Waals surface area contributed by atoms with Crippen molar-refractivity contribution in [1.82, 2.24) is 15.3 Å². The van der Waals surface area contributed by atoms with Crippen LogP contribution in [0, 0.1) is 0 Å². The molecule has 110 valence electrons. The van der Waals surface area contributed by atoms with Crippen molar-refractivity contribution in [2.24, 2.45) is 0 Å². The number of nitrogens with one attached hydrogen (secondary N) is 2. The fraction of sp³-hybridized carbons (Fsp3) is 0.615. The number of rotatable bonds is 4. The van der Waals surface area contributed by atoms with Gasteiger partial charge in [0.25, 0.3) is 0 Å². The summed E-state index contributed by atoms with van der Waals surface area (Å²) >= 11 is 5.29. The average molecular weight is 296 g/mol. The minimum atomic E-state index is 0.370. The van der Waals surface area contributed by atoms with Crippen molar-refractivity contribution < 1.29 is 9.47 Å². The number of anilines is 1. The van der Waals surface area contributed by atoms with E-state index in [9.17, 15) is 0 Å². The second-order valence-corrected chi connectivity index (χ2v) is 5.12. The lowest BCUT2D eigenvalue weighted by atomic mass is 9.96. The summed E-state index contributed by atoms with van der Waals surface area (Å²) in [5.74, 6) is 1.23. The van der Waals surface area contributed by atoms with E-state index in [0.717, 1.165) is 12.8 Å². The van der Waals surface area contributed by atoms with Gasteiger partial charge in [-0.2, -0.15) is 9.97 Å². The van der Waals surface area contributed by atoms with Gasteiger partial charge in [0.1, 0.15) is 0 Å². The molecule has 1 heterocycles. The summed E-state index contributed by atoms with van der Waals surface area (Å²) in [6, 6.07) is 2.05. The second-order valence-electron chi connectivity index (χ2n) is 4.71. The molecule has 7 heteroatoms. The molecule has 1 saturated carbocycles. The Balaban J connectivity index is 1.95. The maximum absolute atomic E-state index is 5.29. The summed E-state index contributed by atoms with van der Waals surface area (Å²) in [4.78, 5) is 8.36. The number of hydrogen-bond acceptors (Lipinski definition) is 5. The lowest BCUT2D eigenvalue weighted by molar-refractivity contribution is 0.373. The summed E-state index contributed by atoms with van der Waals surface area (Å²) in [6.45, 7) is 0. The van der Waals surface area contributed by atoms with Gasteiger partial charge < -0.3 is 20.1 Å². The molecular formula is C13H20N4O2S. The highest BCUT2D eigenvalue weighted by Crippen LogP contribution is 2.19. The molecule has 1 aliphatic rings. The molecule has 0 unspecified atom stereocenters. The van der Waals surface area contributed by atoms with Crippen LogP contribution in [0.3, 0.4) is 0 Å². The zero-order valence-corrected chi connectivity index (χ0v) is 12.6. The van der Waals surface area contributed by atoms with Crippen LogP contribution in [0.2, 0.25) is 0 Å². The van der Waals surface area contributed by atoms with Crippen molar-refractivity contribution in [2.75, 3.05) is 19.5 Å². The van der Waals surface area contributed by atoms with E-state index in [0.29, 0.717) is 28.9 Å². The molecule has 0 bridgehead atoms. The van der Waals surface area contributed by atoms with Crippen LogP contribution in [0.25, 0.3) is 0 Å². The fourth-order valence-electron chi connectivity index (χ4n) is 2.24. The van der Waals surface area contributed by atoms with E-state index in [1.54, 1.807) is 20.3 Å². The monoisotopic (exact) mass is 296 g/mol. The predicted molar refractivity (Wildman–Crippen MR) is 81.4 cm³/mol. The van der Waals surface area contributed by atoms with E-state index < -0.39 is 0 Å². The van der Waals surface area contributed by atoms with Gasteiger partial charge in [-0.3, -0.25) is 0 Å². The zero-order valence-electron chi connectivity index (χ0n) is 11.8. The smallest absolute Gasteiger partial charge is 0.235 e. The summed E-state index contributed by atoms with van der Waals surface area (Å²) in [7, 11) is 3.09. The Morgan fingerprint density at radius 2 is 1.75 bits per heavy atom. The van der Waals surface area contributed by atoms with E-state index in [1.807, 2.05) is 0 Å². The van der Waals surface area contributed by atoms with Crippen molar-refractivity contribution in [3.05, 3.63) is 6.07 Å². The van der Waals surface area contributed by atoms with E-state index in [2.05, 4.69) is 20.6 Å². The minimum Gasteiger partial charge on any atom is -0.481 e. The molecule has 2 N–H and O–H groups in total. The van der Waals surface area contributed by atoms with Crippen LogP contribution < -0.4 is 20.1 Å². The van der Waals surface area contributed by atoms with Gasteiger partial charge in [0, 0.05) is 6.04 Å². The Kier molecular flexibility index (Phi) is 5.34. The summed E-state index contributed by atoms with van der Waals surface area (Å²) < 4.78 is 10.2. The first kappa shape index (κ1) is 14.8. The molecule has 0 spiro atoms. The highest BCUT2D eigenvalue weighted by atomic mass is 32.1. The molecule has 0 saturated heterocycles. The number of aromatic nitrogens is 2.